The minimum atomic E-state index is -0.332. The number of hydrogen-bond donors (Lipinski definition) is 1. The standard InChI is InChI=1S/C17H19FN4O/c18-13-5-3-12(4-6-13)17(23)19-14-7-8-15-20-21-16(11-1-2-11)22(15)10-9-14/h3-6,11,14H,1-2,7-10H2,(H,19,23). The molecule has 2 aliphatic rings. The van der Waals surface area contributed by atoms with E-state index >= 15 is 0 Å². The maximum absolute atomic E-state index is 12.9. The average Bonchev–Trinajstić information content (AvgIpc) is 3.34. The Morgan fingerprint density at radius 3 is 2.65 bits per heavy atom. The molecular formula is C17H19FN4O. The van der Waals surface area contributed by atoms with Crippen molar-refractivity contribution in [1.82, 2.24) is 20.1 Å². The number of carbonyl (C=O) groups excluding carboxylic acids is 1. The Balaban J connectivity index is 1.41. The summed E-state index contributed by atoms with van der Waals surface area (Å²) in [4.78, 5) is 12.3. The van der Waals surface area contributed by atoms with Crippen molar-refractivity contribution >= 4 is 5.91 Å². The number of nitrogens with zero attached hydrogens (tertiary/aromatic N) is 3. The third-order valence-corrected chi connectivity index (χ3v) is 4.66. The van der Waals surface area contributed by atoms with Crippen LogP contribution in [-0.2, 0) is 13.0 Å². The van der Waals surface area contributed by atoms with Gasteiger partial charge in [0, 0.05) is 30.5 Å². The molecule has 4 rings (SSSR count). The summed E-state index contributed by atoms with van der Waals surface area (Å²) >= 11 is 0. The van der Waals surface area contributed by atoms with E-state index in [0.29, 0.717) is 11.5 Å². The van der Waals surface area contributed by atoms with Gasteiger partial charge in [-0.05, 0) is 49.9 Å². The second kappa shape index (κ2) is 5.76. The second-order valence-electron chi connectivity index (χ2n) is 6.40. The molecule has 1 unspecified atom stereocenters. The van der Waals surface area contributed by atoms with Crippen LogP contribution in [0.4, 0.5) is 4.39 Å². The van der Waals surface area contributed by atoms with Gasteiger partial charge in [-0.3, -0.25) is 4.79 Å². The van der Waals surface area contributed by atoms with Gasteiger partial charge in [0.1, 0.15) is 17.5 Å². The Morgan fingerprint density at radius 1 is 1.13 bits per heavy atom. The van der Waals surface area contributed by atoms with Gasteiger partial charge in [0.25, 0.3) is 5.91 Å². The SMILES string of the molecule is O=C(NC1CCc2nnc(C3CC3)n2CC1)c1ccc(F)cc1. The van der Waals surface area contributed by atoms with Crippen molar-refractivity contribution in [3.8, 4) is 0 Å². The predicted octanol–water partition coefficient (Wildman–Crippen LogP) is 2.43. The van der Waals surface area contributed by atoms with Crippen LogP contribution in [0.3, 0.4) is 0 Å². The molecule has 0 saturated heterocycles. The highest BCUT2D eigenvalue weighted by molar-refractivity contribution is 5.94. The molecule has 0 radical (unpaired) electrons. The highest BCUT2D eigenvalue weighted by Gasteiger charge is 2.31. The van der Waals surface area contributed by atoms with Crippen molar-refractivity contribution in [2.45, 2.75) is 50.6 Å². The van der Waals surface area contributed by atoms with Crippen LogP contribution < -0.4 is 5.32 Å². The van der Waals surface area contributed by atoms with Crippen LogP contribution in [0, 0.1) is 5.82 Å². The highest BCUT2D eigenvalue weighted by Crippen LogP contribution is 2.39. The Hall–Kier alpha value is -2.24. The van der Waals surface area contributed by atoms with Crippen molar-refractivity contribution in [1.29, 1.82) is 0 Å². The molecule has 1 atom stereocenters. The number of fused-ring (bicyclic) bond motifs is 1. The fourth-order valence-corrected chi connectivity index (χ4v) is 3.17. The summed E-state index contributed by atoms with van der Waals surface area (Å²) in [5.74, 6) is 2.26. The Kier molecular flexibility index (Phi) is 3.59. The van der Waals surface area contributed by atoms with Gasteiger partial charge >= 0.3 is 0 Å². The van der Waals surface area contributed by atoms with Gasteiger partial charge < -0.3 is 9.88 Å². The molecule has 23 heavy (non-hydrogen) atoms. The number of rotatable bonds is 3. The Morgan fingerprint density at radius 2 is 1.91 bits per heavy atom. The normalized spacial score (nSPS) is 20.7. The van der Waals surface area contributed by atoms with Crippen molar-refractivity contribution in [2.24, 2.45) is 0 Å². The largest absolute Gasteiger partial charge is 0.349 e. The number of benzene rings is 1. The zero-order chi connectivity index (χ0) is 15.8. The van der Waals surface area contributed by atoms with E-state index in [-0.39, 0.29) is 17.8 Å². The predicted molar refractivity (Wildman–Crippen MR) is 82.6 cm³/mol. The molecule has 2 aromatic rings. The van der Waals surface area contributed by atoms with Crippen LogP contribution in [0.2, 0.25) is 0 Å². The minimum Gasteiger partial charge on any atom is -0.349 e. The fraction of sp³-hybridized carbons (Fsp3) is 0.471. The van der Waals surface area contributed by atoms with E-state index in [1.165, 1.54) is 37.1 Å². The van der Waals surface area contributed by atoms with E-state index in [2.05, 4.69) is 20.1 Å². The van der Waals surface area contributed by atoms with E-state index in [4.69, 9.17) is 0 Å². The third-order valence-electron chi connectivity index (χ3n) is 4.66. The first-order valence-corrected chi connectivity index (χ1v) is 8.19. The highest BCUT2D eigenvalue weighted by atomic mass is 19.1. The maximum atomic E-state index is 12.9. The van der Waals surface area contributed by atoms with E-state index in [0.717, 1.165) is 37.5 Å². The molecule has 6 heteroatoms. The molecule has 1 N–H and O–H groups in total. The summed E-state index contributed by atoms with van der Waals surface area (Å²) in [6.07, 6.45) is 4.98. The van der Waals surface area contributed by atoms with Crippen LogP contribution in [0.15, 0.2) is 24.3 Å². The molecule has 1 amide bonds. The topological polar surface area (TPSA) is 59.8 Å². The third kappa shape index (κ3) is 2.98. The summed E-state index contributed by atoms with van der Waals surface area (Å²) in [6.45, 7) is 0.850. The van der Waals surface area contributed by atoms with Crippen molar-refractivity contribution < 1.29 is 9.18 Å². The minimum absolute atomic E-state index is 0.112. The average molecular weight is 314 g/mol. The zero-order valence-corrected chi connectivity index (χ0v) is 12.8. The molecule has 120 valence electrons. The van der Waals surface area contributed by atoms with Gasteiger partial charge in [-0.2, -0.15) is 0 Å². The lowest BCUT2D eigenvalue weighted by Gasteiger charge is -2.16. The number of carbonyl (C=O) groups is 1. The van der Waals surface area contributed by atoms with Crippen LogP contribution in [0.25, 0.3) is 0 Å². The van der Waals surface area contributed by atoms with Gasteiger partial charge in [0.2, 0.25) is 0 Å². The lowest BCUT2D eigenvalue weighted by atomic mass is 10.1. The summed E-state index contributed by atoms with van der Waals surface area (Å²) in [7, 11) is 0. The van der Waals surface area contributed by atoms with Crippen LogP contribution >= 0.6 is 0 Å². The van der Waals surface area contributed by atoms with Gasteiger partial charge in [-0.1, -0.05) is 0 Å². The summed E-state index contributed by atoms with van der Waals surface area (Å²) < 4.78 is 15.2. The maximum Gasteiger partial charge on any atom is 0.251 e. The van der Waals surface area contributed by atoms with Crippen LogP contribution in [0.1, 0.15) is 53.6 Å². The number of amides is 1. The first kappa shape index (κ1) is 14.4. The molecular weight excluding hydrogens is 295 g/mol. The Labute approximate surface area is 133 Å². The van der Waals surface area contributed by atoms with Gasteiger partial charge in [-0.25, -0.2) is 4.39 Å². The first-order valence-electron chi connectivity index (χ1n) is 8.19. The van der Waals surface area contributed by atoms with Gasteiger partial charge in [0.05, 0.1) is 0 Å². The summed E-state index contributed by atoms with van der Waals surface area (Å²) in [5, 5.41) is 11.7. The van der Waals surface area contributed by atoms with Crippen molar-refractivity contribution in [3.05, 3.63) is 47.3 Å². The van der Waals surface area contributed by atoms with Crippen molar-refractivity contribution in [3.63, 3.8) is 0 Å². The molecule has 1 aliphatic carbocycles. The molecule has 1 aromatic carbocycles. The molecule has 1 aromatic heterocycles. The molecule has 1 saturated carbocycles. The number of nitrogens with one attached hydrogen (secondary N) is 1. The quantitative estimate of drug-likeness (QED) is 0.946. The summed E-state index contributed by atoms with van der Waals surface area (Å²) in [6, 6.07) is 5.76. The molecule has 0 bridgehead atoms. The van der Waals surface area contributed by atoms with Gasteiger partial charge in [-0.15, -0.1) is 10.2 Å². The zero-order valence-electron chi connectivity index (χ0n) is 12.8. The van der Waals surface area contributed by atoms with E-state index in [1.807, 2.05) is 0 Å². The van der Waals surface area contributed by atoms with E-state index in [1.54, 1.807) is 0 Å². The monoisotopic (exact) mass is 314 g/mol. The molecule has 1 aliphatic heterocycles. The fourth-order valence-electron chi connectivity index (χ4n) is 3.17. The summed E-state index contributed by atoms with van der Waals surface area (Å²) in [5.41, 5.74) is 0.494. The number of halogens is 1. The lowest BCUT2D eigenvalue weighted by Crippen LogP contribution is -2.35. The van der Waals surface area contributed by atoms with Crippen LogP contribution in [-0.4, -0.2) is 26.7 Å². The smallest absolute Gasteiger partial charge is 0.251 e. The number of hydrogen-bond acceptors (Lipinski definition) is 3. The number of aryl methyl sites for hydroxylation is 1. The van der Waals surface area contributed by atoms with Gasteiger partial charge in [0.15, 0.2) is 0 Å². The van der Waals surface area contributed by atoms with Crippen molar-refractivity contribution in [2.75, 3.05) is 0 Å². The number of aromatic nitrogens is 3. The van der Waals surface area contributed by atoms with E-state index < -0.39 is 0 Å². The molecule has 5 nitrogen and oxygen atoms in total. The molecule has 0 spiro atoms. The molecule has 1 fully saturated rings. The van der Waals surface area contributed by atoms with E-state index in [9.17, 15) is 9.18 Å². The lowest BCUT2D eigenvalue weighted by molar-refractivity contribution is 0.0933. The second-order valence-corrected chi connectivity index (χ2v) is 6.40. The molecule has 2 heterocycles. The van der Waals surface area contributed by atoms with Crippen LogP contribution in [0.5, 0.6) is 0 Å². The first-order chi connectivity index (χ1) is 11.2. The Bertz CT molecular complexity index is 721.